The van der Waals surface area contributed by atoms with Gasteiger partial charge in [-0.05, 0) is 53.0 Å². The zero-order valence-electron chi connectivity index (χ0n) is 11.1. The molecule has 0 radical (unpaired) electrons. The first-order valence-electron chi connectivity index (χ1n) is 6.20. The van der Waals surface area contributed by atoms with Gasteiger partial charge in [-0.25, -0.2) is 0 Å². The molecule has 0 saturated carbocycles. The molecule has 17 heavy (non-hydrogen) atoms. The van der Waals surface area contributed by atoms with Crippen LogP contribution in [0, 0.1) is 5.92 Å². The van der Waals surface area contributed by atoms with Crippen molar-refractivity contribution in [1.29, 1.82) is 0 Å². The molecule has 0 fully saturated rings. The van der Waals surface area contributed by atoms with Gasteiger partial charge in [0.2, 0.25) is 0 Å². The summed E-state index contributed by atoms with van der Waals surface area (Å²) in [6, 6.07) is 7.09. The first-order valence-corrected chi connectivity index (χ1v) is 7.98. The van der Waals surface area contributed by atoms with Crippen molar-refractivity contribution < 1.29 is 0 Å². The molecule has 1 N–H and O–H groups in total. The fraction of sp³-hybridized carbons (Fsp3) is 0.571. The van der Waals surface area contributed by atoms with Crippen molar-refractivity contribution in [3.63, 3.8) is 0 Å². The maximum atomic E-state index is 3.67. The van der Waals surface area contributed by atoms with E-state index in [0.29, 0.717) is 6.04 Å². The predicted molar refractivity (Wildman–Crippen MR) is 81.8 cm³/mol. The quantitative estimate of drug-likeness (QED) is 0.752. The van der Waals surface area contributed by atoms with Crippen LogP contribution in [0.1, 0.15) is 39.3 Å². The number of hydrogen-bond acceptors (Lipinski definition) is 2. The SMILES string of the molecule is CCNC(C)c1ccc(SCC(C)C)c(Br)c1. The summed E-state index contributed by atoms with van der Waals surface area (Å²) in [4.78, 5) is 1.34. The normalized spacial score (nSPS) is 13.1. The number of halogens is 1. The molecule has 1 rings (SSSR count). The van der Waals surface area contributed by atoms with E-state index in [1.54, 1.807) is 0 Å². The van der Waals surface area contributed by atoms with E-state index in [1.807, 2.05) is 11.8 Å². The van der Waals surface area contributed by atoms with Crippen LogP contribution in [0.25, 0.3) is 0 Å². The molecule has 0 spiro atoms. The van der Waals surface area contributed by atoms with Crippen molar-refractivity contribution in [2.75, 3.05) is 12.3 Å². The van der Waals surface area contributed by atoms with E-state index >= 15 is 0 Å². The van der Waals surface area contributed by atoms with E-state index in [2.05, 4.69) is 67.1 Å². The fourth-order valence-corrected chi connectivity index (χ4v) is 3.20. The van der Waals surface area contributed by atoms with Gasteiger partial charge < -0.3 is 5.32 Å². The van der Waals surface area contributed by atoms with Gasteiger partial charge in [-0.1, -0.05) is 26.8 Å². The molecule has 0 bridgehead atoms. The van der Waals surface area contributed by atoms with Gasteiger partial charge in [0.25, 0.3) is 0 Å². The highest BCUT2D eigenvalue weighted by Crippen LogP contribution is 2.31. The highest BCUT2D eigenvalue weighted by Gasteiger charge is 2.07. The van der Waals surface area contributed by atoms with E-state index in [1.165, 1.54) is 20.7 Å². The zero-order chi connectivity index (χ0) is 12.8. The largest absolute Gasteiger partial charge is 0.310 e. The van der Waals surface area contributed by atoms with Crippen molar-refractivity contribution in [2.45, 2.75) is 38.6 Å². The average molecular weight is 316 g/mol. The number of nitrogens with one attached hydrogen (secondary N) is 1. The van der Waals surface area contributed by atoms with Gasteiger partial charge in [0.15, 0.2) is 0 Å². The molecule has 0 aromatic heterocycles. The maximum Gasteiger partial charge on any atom is 0.0314 e. The summed E-state index contributed by atoms with van der Waals surface area (Å²) < 4.78 is 1.21. The van der Waals surface area contributed by atoms with Crippen LogP contribution in [0.3, 0.4) is 0 Å². The monoisotopic (exact) mass is 315 g/mol. The van der Waals surface area contributed by atoms with Crippen LogP contribution in [0.4, 0.5) is 0 Å². The highest BCUT2D eigenvalue weighted by atomic mass is 79.9. The topological polar surface area (TPSA) is 12.0 Å². The highest BCUT2D eigenvalue weighted by molar-refractivity contribution is 9.10. The molecule has 1 atom stereocenters. The molecule has 1 aromatic rings. The summed E-state index contributed by atoms with van der Waals surface area (Å²) in [6.07, 6.45) is 0. The lowest BCUT2D eigenvalue weighted by atomic mass is 10.1. The molecule has 0 heterocycles. The molecule has 1 nitrogen and oxygen atoms in total. The second-order valence-electron chi connectivity index (χ2n) is 4.67. The van der Waals surface area contributed by atoms with Crippen molar-refractivity contribution in [2.24, 2.45) is 5.92 Å². The lowest BCUT2D eigenvalue weighted by molar-refractivity contribution is 0.597. The Hall–Kier alpha value is 0.01000. The van der Waals surface area contributed by atoms with Gasteiger partial charge in [0, 0.05) is 21.2 Å². The summed E-state index contributed by atoms with van der Waals surface area (Å²) in [5.74, 6) is 1.90. The maximum absolute atomic E-state index is 3.67. The first kappa shape index (κ1) is 15.1. The standard InChI is InChI=1S/C14H22BrNS/c1-5-16-11(4)12-6-7-14(13(15)8-12)17-9-10(2)3/h6-8,10-11,16H,5,9H2,1-4H3. The molecule has 0 aliphatic heterocycles. The minimum Gasteiger partial charge on any atom is -0.310 e. The molecule has 1 aromatic carbocycles. The average Bonchev–Trinajstić information content (AvgIpc) is 2.27. The Morgan fingerprint density at radius 1 is 1.29 bits per heavy atom. The van der Waals surface area contributed by atoms with E-state index < -0.39 is 0 Å². The number of benzene rings is 1. The number of hydrogen-bond donors (Lipinski definition) is 1. The van der Waals surface area contributed by atoms with Gasteiger partial charge in [-0.3, -0.25) is 0 Å². The third-order valence-electron chi connectivity index (χ3n) is 2.54. The molecular weight excluding hydrogens is 294 g/mol. The van der Waals surface area contributed by atoms with Crippen LogP contribution in [-0.4, -0.2) is 12.3 Å². The molecule has 0 aliphatic carbocycles. The number of thioether (sulfide) groups is 1. The third-order valence-corrected chi connectivity index (χ3v) is 4.96. The second kappa shape index (κ2) is 7.45. The third kappa shape index (κ3) is 5.02. The van der Waals surface area contributed by atoms with E-state index in [9.17, 15) is 0 Å². The Kier molecular flexibility index (Phi) is 6.60. The summed E-state index contributed by atoms with van der Waals surface area (Å²) in [6.45, 7) is 9.85. The smallest absolute Gasteiger partial charge is 0.0314 e. The van der Waals surface area contributed by atoms with Gasteiger partial charge in [-0.15, -0.1) is 11.8 Å². The summed E-state index contributed by atoms with van der Waals surface area (Å²) in [7, 11) is 0. The molecule has 0 saturated heterocycles. The van der Waals surface area contributed by atoms with Gasteiger partial charge >= 0.3 is 0 Å². The van der Waals surface area contributed by atoms with Crippen LogP contribution in [0.2, 0.25) is 0 Å². The molecule has 96 valence electrons. The molecule has 1 unspecified atom stereocenters. The molecule has 0 aliphatic rings. The predicted octanol–water partition coefficient (Wildman–Crippen LogP) is 4.87. The van der Waals surface area contributed by atoms with E-state index in [-0.39, 0.29) is 0 Å². The Bertz CT molecular complexity index is 352. The lowest BCUT2D eigenvalue weighted by Crippen LogP contribution is -2.17. The van der Waals surface area contributed by atoms with Crippen LogP contribution >= 0.6 is 27.7 Å². The minimum absolute atomic E-state index is 0.417. The van der Waals surface area contributed by atoms with E-state index in [0.717, 1.165) is 12.5 Å². The van der Waals surface area contributed by atoms with Crippen molar-refractivity contribution in [3.8, 4) is 0 Å². The zero-order valence-corrected chi connectivity index (χ0v) is 13.5. The number of rotatable bonds is 6. The Balaban J connectivity index is 2.72. The summed E-state index contributed by atoms with van der Waals surface area (Å²) in [5.41, 5.74) is 1.34. The van der Waals surface area contributed by atoms with Crippen LogP contribution in [0.15, 0.2) is 27.6 Å². The first-order chi connectivity index (χ1) is 8.04. The Morgan fingerprint density at radius 2 is 2.00 bits per heavy atom. The fourth-order valence-electron chi connectivity index (χ4n) is 1.58. The lowest BCUT2D eigenvalue weighted by Gasteiger charge is -2.14. The van der Waals surface area contributed by atoms with Gasteiger partial charge in [0.1, 0.15) is 0 Å². The second-order valence-corrected chi connectivity index (χ2v) is 6.59. The van der Waals surface area contributed by atoms with Gasteiger partial charge in [0.05, 0.1) is 0 Å². The van der Waals surface area contributed by atoms with Gasteiger partial charge in [-0.2, -0.15) is 0 Å². The summed E-state index contributed by atoms with van der Waals surface area (Å²) in [5, 5.41) is 3.43. The Labute approximate surface area is 118 Å². The van der Waals surface area contributed by atoms with Crippen LogP contribution in [0.5, 0.6) is 0 Å². The van der Waals surface area contributed by atoms with E-state index in [4.69, 9.17) is 0 Å². The van der Waals surface area contributed by atoms with Crippen LogP contribution in [-0.2, 0) is 0 Å². The minimum atomic E-state index is 0.417. The molecular formula is C14H22BrNS. The van der Waals surface area contributed by atoms with Crippen LogP contribution < -0.4 is 5.32 Å². The van der Waals surface area contributed by atoms with Crippen molar-refractivity contribution in [3.05, 3.63) is 28.2 Å². The van der Waals surface area contributed by atoms with Crippen molar-refractivity contribution >= 4 is 27.7 Å². The van der Waals surface area contributed by atoms with Crippen molar-refractivity contribution in [1.82, 2.24) is 5.32 Å². The molecule has 3 heteroatoms. The molecule has 0 amide bonds. The Morgan fingerprint density at radius 3 is 2.53 bits per heavy atom. The summed E-state index contributed by atoms with van der Waals surface area (Å²) >= 11 is 5.59.